The maximum atomic E-state index is 14.2. The lowest BCUT2D eigenvalue weighted by atomic mass is 9.99. The number of rotatable bonds is 4. The zero-order valence-corrected chi connectivity index (χ0v) is 11.0. The van der Waals surface area contributed by atoms with Crippen molar-refractivity contribution in [3.8, 4) is 5.75 Å². The van der Waals surface area contributed by atoms with Gasteiger partial charge in [-0.1, -0.05) is 23.7 Å². The third-order valence-electron chi connectivity index (χ3n) is 2.77. The minimum atomic E-state index is -0.532. The summed E-state index contributed by atoms with van der Waals surface area (Å²) in [5.74, 6) is 5.23. The molecule has 0 aliphatic heterocycles. The van der Waals surface area contributed by atoms with Gasteiger partial charge in [-0.15, -0.1) is 0 Å². The van der Waals surface area contributed by atoms with E-state index >= 15 is 0 Å². The molecular weight excluding hydrogens is 269 g/mol. The summed E-state index contributed by atoms with van der Waals surface area (Å²) >= 11 is 5.83. The summed E-state index contributed by atoms with van der Waals surface area (Å²) in [7, 11) is 1.41. The van der Waals surface area contributed by atoms with E-state index in [9.17, 15) is 4.39 Å². The molecule has 0 saturated heterocycles. The van der Waals surface area contributed by atoms with E-state index in [-0.39, 0.29) is 5.75 Å². The van der Waals surface area contributed by atoms with E-state index < -0.39 is 11.9 Å². The Balaban J connectivity index is 2.48. The maximum absolute atomic E-state index is 14.2. The van der Waals surface area contributed by atoms with Crippen molar-refractivity contribution in [2.75, 3.05) is 7.11 Å². The van der Waals surface area contributed by atoms with Crippen LogP contribution in [0.3, 0.4) is 0 Å². The first-order valence-electron chi connectivity index (χ1n) is 5.57. The number of hydrogen-bond acceptors (Lipinski definition) is 4. The highest BCUT2D eigenvalue weighted by Gasteiger charge is 2.19. The molecule has 2 rings (SSSR count). The number of hydrogen-bond donors (Lipinski definition) is 2. The molecule has 1 unspecified atom stereocenters. The van der Waals surface area contributed by atoms with Gasteiger partial charge in [-0.05, 0) is 23.8 Å². The van der Waals surface area contributed by atoms with Gasteiger partial charge in [-0.2, -0.15) is 0 Å². The predicted octanol–water partition coefficient (Wildman–Crippen LogP) is 2.44. The number of nitrogens with two attached hydrogens (primary N) is 1. The van der Waals surface area contributed by atoms with Crippen molar-refractivity contribution in [2.24, 2.45) is 5.84 Å². The van der Waals surface area contributed by atoms with Crippen LogP contribution in [0, 0.1) is 5.82 Å². The summed E-state index contributed by atoms with van der Waals surface area (Å²) in [5.41, 5.74) is 3.67. The molecule has 1 atom stereocenters. The van der Waals surface area contributed by atoms with Crippen molar-refractivity contribution in [3.05, 3.63) is 58.6 Å². The fourth-order valence-corrected chi connectivity index (χ4v) is 2.05. The van der Waals surface area contributed by atoms with Crippen molar-refractivity contribution in [2.45, 2.75) is 6.04 Å². The number of ether oxygens (including phenoxy) is 1. The zero-order valence-electron chi connectivity index (χ0n) is 10.2. The lowest BCUT2D eigenvalue weighted by molar-refractivity contribution is 0.381. The Morgan fingerprint density at radius 3 is 2.84 bits per heavy atom. The molecule has 0 spiro atoms. The Kier molecular flexibility index (Phi) is 4.31. The molecule has 100 valence electrons. The van der Waals surface area contributed by atoms with E-state index in [1.807, 2.05) is 0 Å². The third-order valence-corrected chi connectivity index (χ3v) is 2.98. The van der Waals surface area contributed by atoms with Crippen LogP contribution in [-0.4, -0.2) is 12.1 Å². The van der Waals surface area contributed by atoms with E-state index in [1.165, 1.54) is 7.11 Å². The average Bonchev–Trinajstić information content (AvgIpc) is 2.41. The summed E-state index contributed by atoms with van der Waals surface area (Å²) < 4.78 is 19.2. The van der Waals surface area contributed by atoms with Gasteiger partial charge in [-0.25, -0.2) is 14.8 Å². The quantitative estimate of drug-likeness (QED) is 0.513. The molecule has 0 saturated carbocycles. The molecule has 1 aromatic heterocycles. The summed E-state index contributed by atoms with van der Waals surface area (Å²) in [6.07, 6.45) is 1.54. The van der Waals surface area contributed by atoms with E-state index in [4.69, 9.17) is 22.2 Å². The van der Waals surface area contributed by atoms with E-state index in [2.05, 4.69) is 10.4 Å². The molecule has 0 radical (unpaired) electrons. The Morgan fingerprint density at radius 1 is 1.42 bits per heavy atom. The SMILES string of the molecule is COc1cccc(C(NN)c2ccnc(Cl)c2)c1F. The van der Waals surface area contributed by atoms with Gasteiger partial charge in [0.05, 0.1) is 13.2 Å². The molecule has 0 aliphatic carbocycles. The van der Waals surface area contributed by atoms with Crippen LogP contribution in [0.15, 0.2) is 36.5 Å². The molecule has 6 heteroatoms. The predicted molar refractivity (Wildman–Crippen MR) is 71.4 cm³/mol. The van der Waals surface area contributed by atoms with Crippen molar-refractivity contribution < 1.29 is 9.13 Å². The van der Waals surface area contributed by atoms with Gasteiger partial charge in [0.1, 0.15) is 5.15 Å². The third kappa shape index (κ3) is 2.84. The van der Waals surface area contributed by atoms with E-state index in [1.54, 1.807) is 36.5 Å². The normalized spacial score (nSPS) is 12.2. The standard InChI is InChI=1S/C13H13ClFN3O/c1-19-10-4-2-3-9(12(10)15)13(18-16)8-5-6-17-11(14)7-8/h2-7,13,18H,16H2,1H3. The maximum Gasteiger partial charge on any atom is 0.170 e. The molecule has 1 aromatic carbocycles. The van der Waals surface area contributed by atoms with Gasteiger partial charge in [0.15, 0.2) is 11.6 Å². The van der Waals surface area contributed by atoms with Crippen molar-refractivity contribution >= 4 is 11.6 Å². The van der Waals surface area contributed by atoms with Crippen LogP contribution in [0.5, 0.6) is 5.75 Å². The molecule has 0 aliphatic rings. The van der Waals surface area contributed by atoms with Crippen LogP contribution in [0.2, 0.25) is 5.15 Å². The summed E-state index contributed by atoms with van der Waals surface area (Å²) in [6.45, 7) is 0. The molecule has 0 amide bonds. The fraction of sp³-hybridized carbons (Fsp3) is 0.154. The first-order chi connectivity index (χ1) is 9.17. The number of nitrogens with one attached hydrogen (secondary N) is 1. The number of pyridine rings is 1. The number of methoxy groups -OCH3 is 1. The molecule has 19 heavy (non-hydrogen) atoms. The smallest absolute Gasteiger partial charge is 0.170 e. The topological polar surface area (TPSA) is 60.2 Å². The largest absolute Gasteiger partial charge is 0.494 e. The highest BCUT2D eigenvalue weighted by atomic mass is 35.5. The van der Waals surface area contributed by atoms with E-state index in [0.717, 1.165) is 5.56 Å². The molecule has 4 nitrogen and oxygen atoms in total. The minimum absolute atomic E-state index is 0.165. The van der Waals surface area contributed by atoms with Gasteiger partial charge in [0, 0.05) is 11.8 Å². The van der Waals surface area contributed by atoms with Crippen LogP contribution < -0.4 is 16.0 Å². The van der Waals surface area contributed by atoms with Crippen LogP contribution in [-0.2, 0) is 0 Å². The van der Waals surface area contributed by atoms with Crippen molar-refractivity contribution in [1.82, 2.24) is 10.4 Å². The number of nitrogens with zero attached hydrogens (tertiary/aromatic N) is 1. The second kappa shape index (κ2) is 5.97. The lowest BCUT2D eigenvalue weighted by Crippen LogP contribution is -2.29. The van der Waals surface area contributed by atoms with Gasteiger partial charge >= 0.3 is 0 Å². The molecule has 2 aromatic rings. The first-order valence-corrected chi connectivity index (χ1v) is 5.95. The Morgan fingerprint density at radius 2 is 2.21 bits per heavy atom. The monoisotopic (exact) mass is 281 g/mol. The summed E-state index contributed by atoms with van der Waals surface area (Å²) in [5, 5.41) is 0.320. The Bertz CT molecular complexity index is 580. The van der Waals surface area contributed by atoms with Crippen molar-refractivity contribution in [3.63, 3.8) is 0 Å². The minimum Gasteiger partial charge on any atom is -0.494 e. The summed E-state index contributed by atoms with van der Waals surface area (Å²) in [4.78, 5) is 3.88. The second-order valence-electron chi connectivity index (χ2n) is 3.88. The molecule has 3 N–H and O–H groups in total. The molecule has 0 bridgehead atoms. The Hall–Kier alpha value is -1.69. The highest BCUT2D eigenvalue weighted by molar-refractivity contribution is 6.29. The first kappa shape index (κ1) is 13.7. The van der Waals surface area contributed by atoms with E-state index in [0.29, 0.717) is 10.7 Å². The molecule has 1 heterocycles. The number of hydrazine groups is 1. The van der Waals surface area contributed by atoms with Gasteiger partial charge < -0.3 is 4.74 Å². The van der Waals surface area contributed by atoms with Gasteiger partial charge in [0.25, 0.3) is 0 Å². The molecule has 0 fully saturated rings. The average molecular weight is 282 g/mol. The summed E-state index contributed by atoms with van der Waals surface area (Å²) in [6, 6.07) is 7.70. The van der Waals surface area contributed by atoms with Gasteiger partial charge in [0.2, 0.25) is 0 Å². The highest BCUT2D eigenvalue weighted by Crippen LogP contribution is 2.29. The number of aromatic nitrogens is 1. The van der Waals surface area contributed by atoms with Crippen LogP contribution in [0.1, 0.15) is 17.2 Å². The van der Waals surface area contributed by atoms with Crippen molar-refractivity contribution in [1.29, 1.82) is 0 Å². The fourth-order valence-electron chi connectivity index (χ4n) is 1.87. The van der Waals surface area contributed by atoms with Crippen LogP contribution in [0.25, 0.3) is 0 Å². The van der Waals surface area contributed by atoms with Crippen LogP contribution in [0.4, 0.5) is 4.39 Å². The number of benzene rings is 1. The van der Waals surface area contributed by atoms with Crippen LogP contribution >= 0.6 is 11.6 Å². The lowest BCUT2D eigenvalue weighted by Gasteiger charge is -2.18. The van der Waals surface area contributed by atoms with Gasteiger partial charge in [-0.3, -0.25) is 5.84 Å². The Labute approximate surface area is 115 Å². The second-order valence-corrected chi connectivity index (χ2v) is 4.26. The molecular formula is C13H13ClFN3O. The number of halogens is 2. The zero-order chi connectivity index (χ0) is 13.8.